The van der Waals surface area contributed by atoms with E-state index in [1.54, 1.807) is 4.68 Å². The van der Waals surface area contributed by atoms with Crippen molar-refractivity contribution < 1.29 is 4.74 Å². The number of hydrogen-bond acceptors (Lipinski definition) is 6. The second kappa shape index (κ2) is 7.61. The van der Waals surface area contributed by atoms with Crippen LogP contribution < -0.4 is 10.5 Å². The first-order chi connectivity index (χ1) is 13.6. The molecule has 4 aromatic rings. The van der Waals surface area contributed by atoms with Crippen LogP contribution in [0, 0.1) is 6.92 Å². The highest BCUT2D eigenvalue weighted by molar-refractivity contribution is 7.13. The van der Waals surface area contributed by atoms with Crippen LogP contribution >= 0.6 is 22.9 Å². The summed E-state index contributed by atoms with van der Waals surface area (Å²) < 4.78 is 7.08. The molecule has 28 heavy (non-hydrogen) atoms. The summed E-state index contributed by atoms with van der Waals surface area (Å²) >= 11 is 7.70. The van der Waals surface area contributed by atoms with Gasteiger partial charge in [0.25, 0.3) is 0 Å². The molecule has 8 heteroatoms. The Morgan fingerprint density at radius 3 is 2.71 bits per heavy atom. The average molecular weight is 412 g/mol. The summed E-state index contributed by atoms with van der Waals surface area (Å²) in [6.07, 6.45) is 0. The Balaban J connectivity index is 1.66. The van der Waals surface area contributed by atoms with Gasteiger partial charge >= 0.3 is 0 Å². The summed E-state index contributed by atoms with van der Waals surface area (Å²) in [4.78, 5) is 4.69. The number of thiazole rings is 1. The number of aromatic nitrogens is 4. The van der Waals surface area contributed by atoms with E-state index in [0.717, 1.165) is 28.3 Å². The van der Waals surface area contributed by atoms with Crippen LogP contribution in [0.3, 0.4) is 0 Å². The van der Waals surface area contributed by atoms with Crippen LogP contribution in [0.1, 0.15) is 12.5 Å². The molecule has 0 amide bonds. The molecule has 0 aliphatic carbocycles. The third kappa shape index (κ3) is 3.34. The van der Waals surface area contributed by atoms with Crippen LogP contribution in [-0.2, 0) is 0 Å². The zero-order chi connectivity index (χ0) is 19.7. The van der Waals surface area contributed by atoms with Gasteiger partial charge in [-0.1, -0.05) is 22.9 Å². The lowest BCUT2D eigenvalue weighted by atomic mass is 10.2. The van der Waals surface area contributed by atoms with Crippen molar-refractivity contribution in [1.29, 1.82) is 0 Å². The first-order valence-corrected chi connectivity index (χ1v) is 10.00. The number of ether oxygens (including phenoxy) is 1. The van der Waals surface area contributed by atoms with Crippen molar-refractivity contribution in [2.45, 2.75) is 13.8 Å². The molecule has 4 rings (SSSR count). The van der Waals surface area contributed by atoms with E-state index in [4.69, 9.17) is 27.1 Å². The lowest BCUT2D eigenvalue weighted by molar-refractivity contribution is 0.340. The number of benzene rings is 2. The number of rotatable bonds is 5. The standard InChI is InChI=1S/C20H18ClN5OS/c1-3-27-14-9-7-13(8-10-14)16-11-28-20(23-16)18-19(22)26(25-24-18)17-6-4-5-15(21)12(17)2/h4-11H,3,22H2,1-2H3. The second-order valence-electron chi connectivity index (χ2n) is 6.11. The zero-order valence-corrected chi connectivity index (χ0v) is 17.0. The van der Waals surface area contributed by atoms with Crippen molar-refractivity contribution in [1.82, 2.24) is 20.0 Å². The van der Waals surface area contributed by atoms with E-state index in [2.05, 4.69) is 10.3 Å². The summed E-state index contributed by atoms with van der Waals surface area (Å²) in [5.41, 5.74) is 10.4. The fourth-order valence-electron chi connectivity index (χ4n) is 2.85. The van der Waals surface area contributed by atoms with Crippen molar-refractivity contribution >= 4 is 28.8 Å². The monoisotopic (exact) mass is 411 g/mol. The fourth-order valence-corrected chi connectivity index (χ4v) is 3.84. The van der Waals surface area contributed by atoms with Gasteiger partial charge in [0.1, 0.15) is 10.8 Å². The van der Waals surface area contributed by atoms with Gasteiger partial charge in [-0.15, -0.1) is 16.4 Å². The Morgan fingerprint density at radius 1 is 1.18 bits per heavy atom. The number of nitrogen functional groups attached to an aromatic ring is 1. The van der Waals surface area contributed by atoms with E-state index in [0.29, 0.717) is 28.1 Å². The van der Waals surface area contributed by atoms with E-state index in [9.17, 15) is 0 Å². The summed E-state index contributed by atoms with van der Waals surface area (Å²) in [5.74, 6) is 1.27. The van der Waals surface area contributed by atoms with E-state index in [1.807, 2.05) is 61.7 Å². The largest absolute Gasteiger partial charge is 0.494 e. The van der Waals surface area contributed by atoms with E-state index < -0.39 is 0 Å². The topological polar surface area (TPSA) is 78.9 Å². The maximum absolute atomic E-state index is 6.33. The van der Waals surface area contributed by atoms with Crippen molar-refractivity contribution in [3.63, 3.8) is 0 Å². The molecule has 0 aliphatic rings. The van der Waals surface area contributed by atoms with Gasteiger partial charge in [0, 0.05) is 16.0 Å². The fraction of sp³-hybridized carbons (Fsp3) is 0.150. The SMILES string of the molecule is CCOc1ccc(-c2csc(-c3nnn(-c4cccc(Cl)c4C)c3N)n2)cc1. The quantitative estimate of drug-likeness (QED) is 0.499. The van der Waals surface area contributed by atoms with Crippen LogP contribution in [0.2, 0.25) is 5.02 Å². The van der Waals surface area contributed by atoms with Crippen molar-refractivity contribution in [2.24, 2.45) is 0 Å². The predicted octanol–water partition coefficient (Wildman–Crippen LogP) is 5.00. The van der Waals surface area contributed by atoms with Gasteiger partial charge in [0.2, 0.25) is 0 Å². The van der Waals surface area contributed by atoms with Crippen LogP contribution in [0.4, 0.5) is 5.82 Å². The van der Waals surface area contributed by atoms with Gasteiger partial charge in [0.05, 0.1) is 18.0 Å². The molecule has 0 unspecified atom stereocenters. The molecule has 0 saturated carbocycles. The molecule has 0 saturated heterocycles. The first-order valence-electron chi connectivity index (χ1n) is 8.74. The minimum atomic E-state index is 0.429. The lowest BCUT2D eigenvalue weighted by Gasteiger charge is -2.08. The number of halogens is 1. The molecule has 0 spiro atoms. The molecule has 142 valence electrons. The smallest absolute Gasteiger partial charge is 0.165 e. The Kier molecular flexibility index (Phi) is 5.02. The normalized spacial score (nSPS) is 11.0. The molecule has 2 aromatic carbocycles. The Hall–Kier alpha value is -2.90. The summed E-state index contributed by atoms with van der Waals surface area (Å²) in [6, 6.07) is 13.4. The van der Waals surface area contributed by atoms with Crippen molar-refractivity contribution in [2.75, 3.05) is 12.3 Å². The Bertz CT molecular complexity index is 1120. The average Bonchev–Trinajstić information content (AvgIpc) is 3.32. The number of hydrogen-bond donors (Lipinski definition) is 1. The molecule has 2 aromatic heterocycles. The lowest BCUT2D eigenvalue weighted by Crippen LogP contribution is -2.04. The van der Waals surface area contributed by atoms with E-state index in [-0.39, 0.29) is 0 Å². The maximum Gasteiger partial charge on any atom is 0.165 e. The van der Waals surface area contributed by atoms with Crippen LogP contribution in [0.5, 0.6) is 5.75 Å². The number of nitrogens with two attached hydrogens (primary N) is 1. The van der Waals surface area contributed by atoms with Crippen molar-refractivity contribution in [3.8, 4) is 33.4 Å². The Morgan fingerprint density at radius 2 is 1.96 bits per heavy atom. The molecule has 2 N–H and O–H groups in total. The van der Waals surface area contributed by atoms with Gasteiger partial charge < -0.3 is 10.5 Å². The number of nitrogens with zero attached hydrogens (tertiary/aromatic N) is 4. The summed E-state index contributed by atoms with van der Waals surface area (Å²) in [7, 11) is 0. The molecule has 6 nitrogen and oxygen atoms in total. The molecule has 0 fully saturated rings. The molecule has 0 atom stereocenters. The molecule has 0 bridgehead atoms. The van der Waals surface area contributed by atoms with Crippen LogP contribution in [0.15, 0.2) is 47.8 Å². The highest BCUT2D eigenvalue weighted by Crippen LogP contribution is 2.33. The minimum Gasteiger partial charge on any atom is -0.494 e. The number of anilines is 1. The molecule has 0 radical (unpaired) electrons. The van der Waals surface area contributed by atoms with Gasteiger partial charge in [0.15, 0.2) is 11.5 Å². The second-order valence-corrected chi connectivity index (χ2v) is 7.38. The third-order valence-electron chi connectivity index (χ3n) is 4.34. The van der Waals surface area contributed by atoms with Gasteiger partial charge in [-0.3, -0.25) is 0 Å². The van der Waals surface area contributed by atoms with Crippen LogP contribution in [-0.4, -0.2) is 26.6 Å². The highest BCUT2D eigenvalue weighted by atomic mass is 35.5. The van der Waals surface area contributed by atoms with Gasteiger partial charge in [-0.05, 0) is 55.8 Å². The first kappa shape index (κ1) is 18.5. The third-order valence-corrected chi connectivity index (χ3v) is 5.60. The molecular formula is C20H18ClN5OS. The van der Waals surface area contributed by atoms with Gasteiger partial charge in [-0.25, -0.2) is 4.98 Å². The molecular weight excluding hydrogens is 394 g/mol. The van der Waals surface area contributed by atoms with E-state index in [1.165, 1.54) is 11.3 Å². The van der Waals surface area contributed by atoms with Crippen LogP contribution in [0.25, 0.3) is 27.6 Å². The van der Waals surface area contributed by atoms with Crippen molar-refractivity contribution in [3.05, 3.63) is 58.4 Å². The molecule has 0 aliphatic heterocycles. The molecule has 2 heterocycles. The van der Waals surface area contributed by atoms with Gasteiger partial charge in [-0.2, -0.15) is 4.68 Å². The summed E-state index contributed by atoms with van der Waals surface area (Å²) in [6.45, 7) is 4.52. The predicted molar refractivity (Wildman–Crippen MR) is 113 cm³/mol. The Labute approximate surface area is 171 Å². The minimum absolute atomic E-state index is 0.429. The summed E-state index contributed by atoms with van der Waals surface area (Å²) in [5, 5.41) is 11.8. The highest BCUT2D eigenvalue weighted by Gasteiger charge is 2.18. The van der Waals surface area contributed by atoms with E-state index >= 15 is 0 Å². The maximum atomic E-state index is 6.33. The zero-order valence-electron chi connectivity index (χ0n) is 15.4.